The molecule has 128 valence electrons. The number of rotatable bonds is 3. The normalized spacial score (nSPS) is 25.0. The highest BCUT2D eigenvalue weighted by Gasteiger charge is 2.32. The minimum atomic E-state index is 0.101. The molecular weight excluding hydrogens is 322 g/mol. The topological polar surface area (TPSA) is 54.3 Å². The maximum Gasteiger partial charge on any atom is 0.227 e. The highest BCUT2D eigenvalue weighted by molar-refractivity contribution is 7.13. The predicted molar refractivity (Wildman–Crippen MR) is 94.1 cm³/mol. The Morgan fingerprint density at radius 1 is 1.17 bits per heavy atom. The van der Waals surface area contributed by atoms with Gasteiger partial charge in [-0.1, -0.05) is 0 Å². The Balaban J connectivity index is 1.41. The number of amides is 1. The van der Waals surface area contributed by atoms with Crippen molar-refractivity contribution in [1.29, 1.82) is 0 Å². The quantitative estimate of drug-likeness (QED) is 0.857. The van der Waals surface area contributed by atoms with Crippen molar-refractivity contribution >= 4 is 22.4 Å². The molecule has 0 N–H and O–H groups in total. The largest absolute Gasteiger partial charge is 0.347 e. The first kappa shape index (κ1) is 15.6. The Kier molecular flexibility index (Phi) is 4.51. The van der Waals surface area contributed by atoms with Crippen LogP contribution in [0.5, 0.6) is 0 Å². The Morgan fingerprint density at radius 3 is 2.88 bits per heavy atom. The summed E-state index contributed by atoms with van der Waals surface area (Å²) in [6.45, 7) is 3.51. The van der Waals surface area contributed by atoms with Crippen LogP contribution in [0.4, 0.5) is 5.13 Å². The van der Waals surface area contributed by atoms with Gasteiger partial charge in [-0.05, 0) is 25.7 Å². The predicted octanol–water partition coefficient (Wildman–Crippen LogP) is 2.42. The number of aromatic nitrogens is 3. The van der Waals surface area contributed by atoms with E-state index in [0.717, 1.165) is 57.0 Å². The fourth-order valence-electron chi connectivity index (χ4n) is 3.87. The second-order valence-electron chi connectivity index (χ2n) is 6.69. The van der Waals surface area contributed by atoms with Crippen LogP contribution in [0.2, 0.25) is 0 Å². The smallest absolute Gasteiger partial charge is 0.227 e. The van der Waals surface area contributed by atoms with E-state index in [0.29, 0.717) is 11.9 Å². The molecule has 2 saturated heterocycles. The van der Waals surface area contributed by atoms with E-state index in [1.54, 1.807) is 11.3 Å². The van der Waals surface area contributed by atoms with Gasteiger partial charge in [0.2, 0.25) is 5.91 Å². The first-order valence-electron chi connectivity index (χ1n) is 8.72. The summed E-state index contributed by atoms with van der Waals surface area (Å²) in [4.78, 5) is 25.9. The molecule has 7 heteroatoms. The van der Waals surface area contributed by atoms with Crippen LogP contribution in [0.25, 0.3) is 0 Å². The van der Waals surface area contributed by atoms with E-state index in [9.17, 15) is 4.79 Å². The van der Waals surface area contributed by atoms with Gasteiger partial charge in [0.25, 0.3) is 0 Å². The van der Waals surface area contributed by atoms with Crippen molar-refractivity contribution in [2.45, 2.75) is 31.7 Å². The fraction of sp³-hybridized carbons (Fsp3) is 0.588. The monoisotopic (exact) mass is 345 g/mol. The van der Waals surface area contributed by atoms with Crippen molar-refractivity contribution in [1.82, 2.24) is 19.4 Å². The summed E-state index contributed by atoms with van der Waals surface area (Å²) < 4.78 is 2.14. The first-order valence-corrected chi connectivity index (χ1v) is 9.60. The number of hydrogen-bond donors (Lipinski definition) is 0. The van der Waals surface area contributed by atoms with E-state index in [-0.39, 0.29) is 5.92 Å². The molecule has 1 amide bonds. The standard InChI is InChI=1S/C17H23N5OS/c23-16(14-3-1-8-21(11-14)17-19-6-10-24-17)20-7-2-4-15(12-20)22-9-5-18-13-22/h5-6,9-10,13-15H,1-4,7-8,11-12H2. The number of hydrogen-bond acceptors (Lipinski definition) is 5. The molecule has 2 aromatic heterocycles. The van der Waals surface area contributed by atoms with Crippen LogP contribution in [-0.2, 0) is 4.79 Å². The van der Waals surface area contributed by atoms with Crippen molar-refractivity contribution < 1.29 is 4.79 Å². The van der Waals surface area contributed by atoms with E-state index >= 15 is 0 Å². The second-order valence-corrected chi connectivity index (χ2v) is 7.56. The molecule has 0 aliphatic carbocycles. The molecule has 2 aromatic rings. The maximum atomic E-state index is 13.0. The zero-order valence-corrected chi connectivity index (χ0v) is 14.6. The van der Waals surface area contributed by atoms with Gasteiger partial charge in [-0.2, -0.15) is 0 Å². The van der Waals surface area contributed by atoms with Crippen LogP contribution in [0.15, 0.2) is 30.3 Å². The minimum absolute atomic E-state index is 0.101. The Bertz CT molecular complexity index is 600. The average Bonchev–Trinajstić information content (AvgIpc) is 3.35. The molecule has 0 aromatic carbocycles. The van der Waals surface area contributed by atoms with Gasteiger partial charge >= 0.3 is 0 Å². The van der Waals surface area contributed by atoms with Gasteiger partial charge in [0.1, 0.15) is 0 Å². The molecule has 0 bridgehead atoms. The molecule has 0 spiro atoms. The lowest BCUT2D eigenvalue weighted by Gasteiger charge is -2.38. The van der Waals surface area contributed by atoms with Crippen molar-refractivity contribution in [3.05, 3.63) is 30.3 Å². The van der Waals surface area contributed by atoms with Crippen LogP contribution in [0.1, 0.15) is 31.7 Å². The lowest BCUT2D eigenvalue weighted by molar-refractivity contribution is -0.137. The summed E-state index contributed by atoms with van der Waals surface area (Å²) in [6.07, 6.45) is 11.8. The first-order chi connectivity index (χ1) is 11.8. The molecule has 6 nitrogen and oxygen atoms in total. The SMILES string of the molecule is O=C(C1CCCN(c2nccs2)C1)N1CCCC(n2ccnc2)C1. The molecule has 2 atom stereocenters. The van der Waals surface area contributed by atoms with Gasteiger partial charge in [-0.15, -0.1) is 11.3 Å². The number of carbonyl (C=O) groups is 1. The molecule has 2 unspecified atom stereocenters. The van der Waals surface area contributed by atoms with Gasteiger partial charge in [0.15, 0.2) is 5.13 Å². The maximum absolute atomic E-state index is 13.0. The lowest BCUT2D eigenvalue weighted by atomic mass is 9.95. The van der Waals surface area contributed by atoms with Crippen molar-refractivity contribution in [2.24, 2.45) is 5.92 Å². The van der Waals surface area contributed by atoms with Crippen LogP contribution < -0.4 is 4.90 Å². The van der Waals surface area contributed by atoms with Gasteiger partial charge in [0.05, 0.1) is 18.3 Å². The van der Waals surface area contributed by atoms with Gasteiger partial charge in [-0.3, -0.25) is 4.79 Å². The number of nitrogens with zero attached hydrogens (tertiary/aromatic N) is 5. The van der Waals surface area contributed by atoms with Crippen LogP contribution in [0, 0.1) is 5.92 Å². The zero-order chi connectivity index (χ0) is 16.4. The summed E-state index contributed by atoms with van der Waals surface area (Å²) in [6, 6.07) is 0.365. The molecule has 4 rings (SSSR count). The number of carbonyl (C=O) groups excluding carboxylic acids is 1. The van der Waals surface area contributed by atoms with Crippen molar-refractivity contribution in [2.75, 3.05) is 31.1 Å². The second kappa shape index (κ2) is 6.93. The third-order valence-corrected chi connectivity index (χ3v) is 5.95. The highest BCUT2D eigenvalue weighted by atomic mass is 32.1. The molecule has 4 heterocycles. The van der Waals surface area contributed by atoms with Crippen molar-refractivity contribution in [3.63, 3.8) is 0 Å². The summed E-state index contributed by atoms with van der Waals surface area (Å²) in [5.41, 5.74) is 0. The number of imidazole rings is 1. The third kappa shape index (κ3) is 3.17. The number of piperidine rings is 2. The fourth-order valence-corrected chi connectivity index (χ4v) is 4.55. The van der Waals surface area contributed by atoms with Crippen LogP contribution in [0.3, 0.4) is 0 Å². The molecule has 0 radical (unpaired) electrons. The van der Waals surface area contributed by atoms with Gasteiger partial charge in [-0.25, -0.2) is 9.97 Å². The molecule has 2 fully saturated rings. The molecular formula is C17H23N5OS. The summed E-state index contributed by atoms with van der Waals surface area (Å²) in [5.74, 6) is 0.422. The van der Waals surface area contributed by atoms with Gasteiger partial charge < -0.3 is 14.4 Å². The molecule has 24 heavy (non-hydrogen) atoms. The highest BCUT2D eigenvalue weighted by Crippen LogP contribution is 2.28. The number of likely N-dealkylation sites (tertiary alicyclic amines) is 1. The van der Waals surface area contributed by atoms with Crippen LogP contribution in [-0.4, -0.2) is 51.5 Å². The van der Waals surface area contributed by atoms with Crippen molar-refractivity contribution in [3.8, 4) is 0 Å². The Labute approximate surface area is 146 Å². The summed E-state index contributed by atoms with van der Waals surface area (Å²) >= 11 is 1.66. The van der Waals surface area contributed by atoms with E-state index < -0.39 is 0 Å². The summed E-state index contributed by atoms with van der Waals surface area (Å²) in [5, 5.41) is 3.05. The minimum Gasteiger partial charge on any atom is -0.347 e. The van der Waals surface area contributed by atoms with Crippen LogP contribution >= 0.6 is 11.3 Å². The lowest BCUT2D eigenvalue weighted by Crippen LogP contribution is -2.48. The summed E-state index contributed by atoms with van der Waals surface area (Å²) in [7, 11) is 0. The van der Waals surface area contributed by atoms with E-state index in [4.69, 9.17) is 0 Å². The molecule has 2 aliphatic rings. The third-order valence-electron chi connectivity index (χ3n) is 5.12. The Hall–Kier alpha value is -1.89. The van der Waals surface area contributed by atoms with E-state index in [1.807, 2.05) is 30.3 Å². The average molecular weight is 345 g/mol. The van der Waals surface area contributed by atoms with Gasteiger partial charge in [0, 0.05) is 50.1 Å². The zero-order valence-electron chi connectivity index (χ0n) is 13.8. The molecule has 0 saturated carbocycles. The number of thiazole rings is 1. The van der Waals surface area contributed by atoms with E-state index in [1.165, 1.54) is 0 Å². The van der Waals surface area contributed by atoms with E-state index in [2.05, 4.69) is 24.3 Å². The number of anilines is 1. The Morgan fingerprint density at radius 2 is 2.08 bits per heavy atom. The molecule has 2 aliphatic heterocycles.